The third-order valence-electron chi connectivity index (χ3n) is 5.17. The van der Waals surface area contributed by atoms with E-state index in [0.29, 0.717) is 0 Å². The molecule has 0 aliphatic carbocycles. The van der Waals surface area contributed by atoms with E-state index in [4.69, 9.17) is 14.2 Å². The first-order chi connectivity index (χ1) is 18.5. The second-order valence-electron chi connectivity index (χ2n) is 13.2. The number of nitrogens with zero attached hydrogens (tertiary/aromatic N) is 2. The van der Waals surface area contributed by atoms with E-state index in [1.165, 1.54) is 6.92 Å². The average Bonchev–Trinajstić information content (AvgIpc) is 2.67. The van der Waals surface area contributed by atoms with Crippen molar-refractivity contribution in [1.82, 2.24) is 8.61 Å². The lowest BCUT2D eigenvalue weighted by Crippen LogP contribution is -2.49. The van der Waals surface area contributed by atoms with Crippen LogP contribution in [0, 0.1) is 0 Å². The molecule has 0 spiro atoms. The monoisotopic (exact) mass is 642 g/mol. The number of Topliss-reactive ketones (excluding diaryl/α,β-unsaturated/α-hetero) is 1. The normalized spacial score (nSPS) is 14.8. The van der Waals surface area contributed by atoms with Crippen LogP contribution in [0.2, 0.25) is 0 Å². The van der Waals surface area contributed by atoms with Crippen molar-refractivity contribution >= 4 is 43.7 Å². The Balaban J connectivity index is 6.12. The highest BCUT2D eigenvalue weighted by atomic mass is 32.2. The molecule has 0 aliphatic rings. The minimum atomic E-state index is -4.08. The van der Waals surface area contributed by atoms with Gasteiger partial charge in [-0.05, 0) is 82.1 Å². The number of ketones is 1. The smallest absolute Gasteiger partial charge is 0.325 e. The summed E-state index contributed by atoms with van der Waals surface area (Å²) < 4.78 is 68.7. The van der Waals surface area contributed by atoms with Gasteiger partial charge in [0.2, 0.25) is 20.0 Å². The van der Waals surface area contributed by atoms with Gasteiger partial charge in [-0.1, -0.05) is 0 Å². The van der Waals surface area contributed by atoms with Crippen LogP contribution in [0.15, 0.2) is 0 Å². The van der Waals surface area contributed by atoms with Crippen LogP contribution in [0.3, 0.4) is 0 Å². The summed E-state index contributed by atoms with van der Waals surface area (Å²) in [4.78, 5) is 50.5. The number of hydrogen-bond acceptors (Lipinski definition) is 11. The number of hydrogen-bond donors (Lipinski definition) is 0. The molecular weight excluding hydrogens is 592 g/mol. The first-order valence-corrected chi connectivity index (χ1v) is 17.3. The molecule has 0 aliphatic heterocycles. The lowest BCUT2D eigenvalue weighted by Gasteiger charge is -2.32. The molecule has 0 aromatic heterocycles. The van der Waals surface area contributed by atoms with Gasteiger partial charge in [0.1, 0.15) is 34.7 Å². The largest absolute Gasteiger partial charge is 0.460 e. The lowest BCUT2D eigenvalue weighted by atomic mass is 10.1. The zero-order valence-electron chi connectivity index (χ0n) is 27.1. The van der Waals surface area contributed by atoms with E-state index in [-0.39, 0.29) is 25.9 Å². The molecule has 0 aromatic rings. The predicted octanol–water partition coefficient (Wildman–Crippen LogP) is 2.42. The summed E-state index contributed by atoms with van der Waals surface area (Å²) in [6.07, 6.45) is 0.847. The van der Waals surface area contributed by atoms with Crippen molar-refractivity contribution in [3.8, 4) is 0 Å². The topological polar surface area (TPSA) is 171 Å². The highest BCUT2D eigenvalue weighted by Crippen LogP contribution is 2.21. The van der Waals surface area contributed by atoms with Crippen molar-refractivity contribution in [2.45, 2.75) is 124 Å². The van der Waals surface area contributed by atoms with Crippen LogP contribution < -0.4 is 0 Å². The molecule has 42 heavy (non-hydrogen) atoms. The van der Waals surface area contributed by atoms with Gasteiger partial charge in [-0.15, -0.1) is 0 Å². The second kappa shape index (κ2) is 15.1. The van der Waals surface area contributed by atoms with Crippen LogP contribution in [0.1, 0.15) is 94.9 Å². The minimum Gasteiger partial charge on any atom is -0.460 e. The predicted molar refractivity (Wildman–Crippen MR) is 157 cm³/mol. The van der Waals surface area contributed by atoms with Gasteiger partial charge in [-0.25, -0.2) is 16.8 Å². The molecule has 0 bridgehead atoms. The summed E-state index contributed by atoms with van der Waals surface area (Å²) in [5.41, 5.74) is -2.79. The minimum absolute atomic E-state index is 0.0355. The van der Waals surface area contributed by atoms with Crippen LogP contribution in [-0.2, 0) is 53.4 Å². The van der Waals surface area contributed by atoms with Gasteiger partial charge in [0.05, 0.1) is 18.9 Å². The Morgan fingerprint density at radius 1 is 0.595 bits per heavy atom. The first-order valence-electron chi connectivity index (χ1n) is 13.6. The fraction of sp³-hybridized carbons (Fsp3) is 0.852. The van der Waals surface area contributed by atoms with E-state index in [0.717, 1.165) is 21.1 Å². The third-order valence-corrected chi connectivity index (χ3v) is 7.75. The van der Waals surface area contributed by atoms with Gasteiger partial charge in [0.15, 0.2) is 0 Å². The van der Waals surface area contributed by atoms with Crippen molar-refractivity contribution in [2.75, 3.05) is 25.6 Å². The number of carbonyl (C=O) groups is 4. The van der Waals surface area contributed by atoms with Crippen molar-refractivity contribution < 1.29 is 50.2 Å². The lowest BCUT2D eigenvalue weighted by molar-refractivity contribution is -0.166. The fourth-order valence-electron chi connectivity index (χ4n) is 3.80. The number of sulfonamides is 2. The standard InChI is InChI=1S/C27H50N2O11S2/c1-19(30)17-20(23(32)39-26(5,6)7)28(41(11,34)35)15-13-14-16-29(42(12,36)37)21(24(33)40-27(8,9)10)18-22(31)38-25(2,3)4/h20-21H,13-18H2,1-12H3/t20-,21-/m0/s1. The molecule has 0 fully saturated rings. The Hall–Kier alpha value is -2.10. The molecule has 0 amide bonds. The summed E-state index contributed by atoms with van der Waals surface area (Å²) in [6, 6.07) is -2.95. The number of esters is 3. The van der Waals surface area contributed by atoms with E-state index in [1.807, 2.05) is 0 Å². The Bertz CT molecular complexity index is 1180. The fourth-order valence-corrected chi connectivity index (χ4v) is 5.97. The molecular formula is C27H50N2O11S2. The molecule has 0 aromatic carbocycles. The first kappa shape index (κ1) is 39.9. The number of carbonyl (C=O) groups excluding carboxylic acids is 4. The number of ether oxygens (including phenoxy) is 3. The van der Waals surface area contributed by atoms with E-state index in [2.05, 4.69) is 0 Å². The Morgan fingerprint density at radius 3 is 1.17 bits per heavy atom. The maximum absolute atomic E-state index is 13.1. The van der Waals surface area contributed by atoms with Crippen LogP contribution in [-0.4, -0.2) is 104 Å². The maximum Gasteiger partial charge on any atom is 0.325 e. The van der Waals surface area contributed by atoms with Crippen molar-refractivity contribution in [3.63, 3.8) is 0 Å². The highest BCUT2D eigenvalue weighted by Gasteiger charge is 2.39. The summed E-state index contributed by atoms with van der Waals surface area (Å²) in [6.45, 7) is 15.2. The molecule has 0 unspecified atom stereocenters. The molecule has 2 atom stereocenters. The van der Waals surface area contributed by atoms with Gasteiger partial charge in [-0.3, -0.25) is 19.2 Å². The van der Waals surface area contributed by atoms with Crippen LogP contribution in [0.25, 0.3) is 0 Å². The Kier molecular flexibility index (Phi) is 14.3. The molecule has 0 rings (SSSR count). The zero-order chi connectivity index (χ0) is 33.5. The van der Waals surface area contributed by atoms with Gasteiger partial charge in [-0.2, -0.15) is 8.61 Å². The highest BCUT2D eigenvalue weighted by molar-refractivity contribution is 7.88. The molecule has 0 radical (unpaired) electrons. The second-order valence-corrected chi connectivity index (χ2v) is 17.1. The summed E-state index contributed by atoms with van der Waals surface area (Å²) >= 11 is 0. The van der Waals surface area contributed by atoms with Gasteiger partial charge < -0.3 is 14.2 Å². The Labute approximate surface area is 251 Å². The molecule has 246 valence electrons. The molecule has 13 nitrogen and oxygen atoms in total. The van der Waals surface area contributed by atoms with Crippen LogP contribution >= 0.6 is 0 Å². The summed E-state index contributed by atoms with van der Waals surface area (Å²) in [7, 11) is -8.08. The number of rotatable bonds is 15. The average molecular weight is 643 g/mol. The van der Waals surface area contributed by atoms with Crippen molar-refractivity contribution in [1.29, 1.82) is 0 Å². The molecule has 0 heterocycles. The van der Waals surface area contributed by atoms with E-state index in [1.54, 1.807) is 62.3 Å². The van der Waals surface area contributed by atoms with Crippen LogP contribution in [0.5, 0.6) is 0 Å². The maximum atomic E-state index is 13.1. The molecule has 0 saturated carbocycles. The molecule has 0 saturated heterocycles. The Morgan fingerprint density at radius 2 is 0.905 bits per heavy atom. The molecule has 0 N–H and O–H groups in total. The third kappa shape index (κ3) is 16.5. The van der Waals surface area contributed by atoms with Crippen molar-refractivity contribution in [3.05, 3.63) is 0 Å². The summed E-state index contributed by atoms with van der Waals surface area (Å²) in [5.74, 6) is -3.06. The SMILES string of the molecule is CC(=O)C[C@@H](C(=O)OC(C)(C)C)N(CCCCN([C@@H](CC(=O)OC(C)(C)C)C(=O)OC(C)(C)C)S(C)(=O)=O)S(C)(=O)=O. The van der Waals surface area contributed by atoms with E-state index < -0.39 is 85.5 Å². The number of unbranched alkanes of at least 4 members (excludes halogenated alkanes) is 1. The van der Waals surface area contributed by atoms with E-state index >= 15 is 0 Å². The van der Waals surface area contributed by atoms with Crippen LogP contribution in [0.4, 0.5) is 0 Å². The van der Waals surface area contributed by atoms with Gasteiger partial charge in [0.25, 0.3) is 0 Å². The quantitative estimate of drug-likeness (QED) is 0.146. The molecule has 15 heteroatoms. The van der Waals surface area contributed by atoms with Crippen molar-refractivity contribution in [2.24, 2.45) is 0 Å². The van der Waals surface area contributed by atoms with Gasteiger partial charge in [0, 0.05) is 19.5 Å². The summed E-state index contributed by atoms with van der Waals surface area (Å²) in [5, 5.41) is 0. The zero-order valence-corrected chi connectivity index (χ0v) is 28.7. The van der Waals surface area contributed by atoms with E-state index in [9.17, 15) is 36.0 Å². The van der Waals surface area contributed by atoms with Gasteiger partial charge >= 0.3 is 17.9 Å².